The zero-order valence-electron chi connectivity index (χ0n) is 15.8. The molecule has 4 nitrogen and oxygen atoms in total. The smallest absolute Gasteiger partial charge is 0.212 e. The highest BCUT2D eigenvalue weighted by Crippen LogP contribution is 2.34. The number of ether oxygens (including phenoxy) is 1. The molecule has 0 spiro atoms. The molecule has 4 heteroatoms. The molecule has 2 aromatic rings. The van der Waals surface area contributed by atoms with Gasteiger partial charge in [0, 0.05) is 12.6 Å². The van der Waals surface area contributed by atoms with E-state index in [1.54, 1.807) is 0 Å². The Balaban J connectivity index is 1.76. The highest BCUT2D eigenvalue weighted by atomic mass is 16.5. The van der Waals surface area contributed by atoms with E-state index in [0.717, 1.165) is 18.1 Å². The minimum absolute atomic E-state index is 0.387. The number of aromatic nitrogens is 2. The largest absolute Gasteiger partial charge is 0.473 e. The van der Waals surface area contributed by atoms with E-state index in [1.807, 2.05) is 7.05 Å². The lowest BCUT2D eigenvalue weighted by Crippen LogP contribution is -2.21. The summed E-state index contributed by atoms with van der Waals surface area (Å²) in [5.41, 5.74) is 3.51. The second-order valence-electron chi connectivity index (χ2n) is 7.37. The average Bonchev–Trinajstić information content (AvgIpc) is 3.03. The summed E-state index contributed by atoms with van der Waals surface area (Å²) in [5, 5.41) is 8.03. The number of nitrogens with zero attached hydrogens (tertiary/aromatic N) is 2. The summed E-state index contributed by atoms with van der Waals surface area (Å²) in [6.45, 7) is 5.77. The number of hydrogen-bond donors (Lipinski definition) is 1. The van der Waals surface area contributed by atoms with Gasteiger partial charge in [-0.2, -0.15) is 5.10 Å². The first-order chi connectivity index (χ1) is 12.2. The molecule has 1 atom stereocenters. The Bertz CT molecular complexity index is 674. The van der Waals surface area contributed by atoms with Crippen LogP contribution in [0.4, 0.5) is 0 Å². The van der Waals surface area contributed by atoms with Crippen LogP contribution in [0.2, 0.25) is 0 Å². The molecule has 0 bridgehead atoms. The van der Waals surface area contributed by atoms with Gasteiger partial charge in [-0.15, -0.1) is 0 Å². The fourth-order valence-electron chi connectivity index (χ4n) is 3.87. The minimum atomic E-state index is 0.387. The van der Waals surface area contributed by atoms with Crippen molar-refractivity contribution in [2.24, 2.45) is 5.92 Å². The first-order valence-corrected chi connectivity index (χ1v) is 9.58. The summed E-state index contributed by atoms with van der Waals surface area (Å²) in [5.74, 6) is 1.60. The zero-order chi connectivity index (χ0) is 17.6. The Morgan fingerprint density at radius 2 is 2.04 bits per heavy atom. The molecule has 25 heavy (non-hydrogen) atoms. The molecule has 0 amide bonds. The Hall–Kier alpha value is -1.81. The second-order valence-corrected chi connectivity index (χ2v) is 7.37. The van der Waals surface area contributed by atoms with Gasteiger partial charge in [-0.3, -0.25) is 0 Å². The van der Waals surface area contributed by atoms with Gasteiger partial charge in [0.05, 0.1) is 11.7 Å². The highest BCUT2D eigenvalue weighted by molar-refractivity contribution is 5.23. The van der Waals surface area contributed by atoms with E-state index in [4.69, 9.17) is 9.84 Å². The van der Waals surface area contributed by atoms with Crippen molar-refractivity contribution in [3.8, 4) is 5.88 Å². The predicted molar refractivity (Wildman–Crippen MR) is 102 cm³/mol. The summed E-state index contributed by atoms with van der Waals surface area (Å²) in [4.78, 5) is 0. The number of benzene rings is 1. The van der Waals surface area contributed by atoms with Crippen molar-refractivity contribution in [1.29, 1.82) is 0 Å². The molecule has 1 aliphatic carbocycles. The van der Waals surface area contributed by atoms with Gasteiger partial charge in [-0.1, -0.05) is 49.1 Å². The molecule has 1 heterocycles. The van der Waals surface area contributed by atoms with E-state index >= 15 is 0 Å². The van der Waals surface area contributed by atoms with Gasteiger partial charge < -0.3 is 10.1 Å². The summed E-state index contributed by atoms with van der Waals surface area (Å²) < 4.78 is 8.31. The van der Waals surface area contributed by atoms with Crippen LogP contribution in [0, 0.1) is 12.8 Å². The van der Waals surface area contributed by atoms with E-state index in [2.05, 4.69) is 54.2 Å². The minimum Gasteiger partial charge on any atom is -0.473 e. The van der Waals surface area contributed by atoms with Crippen molar-refractivity contribution in [1.82, 2.24) is 15.1 Å². The molecule has 1 unspecified atom stereocenters. The van der Waals surface area contributed by atoms with Crippen LogP contribution >= 0.6 is 0 Å². The maximum atomic E-state index is 6.19. The maximum absolute atomic E-state index is 6.19. The van der Waals surface area contributed by atoms with Gasteiger partial charge in [0.15, 0.2) is 0 Å². The zero-order valence-corrected chi connectivity index (χ0v) is 15.8. The van der Waals surface area contributed by atoms with Crippen molar-refractivity contribution < 1.29 is 4.74 Å². The van der Waals surface area contributed by atoms with Gasteiger partial charge in [-0.25, -0.2) is 4.68 Å². The lowest BCUT2D eigenvalue weighted by Gasteiger charge is -2.28. The molecule has 1 aromatic carbocycles. The monoisotopic (exact) mass is 341 g/mol. The van der Waals surface area contributed by atoms with E-state index in [0.29, 0.717) is 18.6 Å². The third-order valence-electron chi connectivity index (χ3n) is 5.30. The van der Waals surface area contributed by atoms with Crippen LogP contribution in [0.1, 0.15) is 61.9 Å². The highest BCUT2D eigenvalue weighted by Gasteiger charge is 2.24. The van der Waals surface area contributed by atoms with Gasteiger partial charge in [-0.05, 0) is 45.2 Å². The molecule has 1 aromatic heterocycles. The standard InChI is InChI=1S/C21H31N3O/c1-16-8-7-9-18(12-16)15-25-21-13-20(14-22-3)23-24(21)17(2)19-10-5-4-6-11-19/h7-9,12-13,17,19,22H,4-6,10-11,14-15H2,1-3H3. The molecule has 3 rings (SSSR count). The van der Waals surface area contributed by atoms with E-state index in [1.165, 1.54) is 43.2 Å². The molecule has 0 radical (unpaired) electrons. The van der Waals surface area contributed by atoms with Gasteiger partial charge in [0.2, 0.25) is 5.88 Å². The van der Waals surface area contributed by atoms with Gasteiger partial charge in [0.25, 0.3) is 0 Å². The number of rotatable bonds is 7. The summed E-state index contributed by atoms with van der Waals surface area (Å²) in [6, 6.07) is 11.0. The van der Waals surface area contributed by atoms with Crippen LogP contribution in [0.15, 0.2) is 30.3 Å². The third kappa shape index (κ3) is 4.63. The van der Waals surface area contributed by atoms with Gasteiger partial charge in [0.1, 0.15) is 6.61 Å². The van der Waals surface area contributed by atoms with E-state index in [9.17, 15) is 0 Å². The summed E-state index contributed by atoms with van der Waals surface area (Å²) in [7, 11) is 1.96. The van der Waals surface area contributed by atoms with Crippen molar-refractivity contribution in [3.05, 3.63) is 47.2 Å². The van der Waals surface area contributed by atoms with E-state index < -0.39 is 0 Å². The van der Waals surface area contributed by atoms with Crippen LogP contribution in [0.3, 0.4) is 0 Å². The normalized spacial score (nSPS) is 16.8. The van der Waals surface area contributed by atoms with Crippen LogP contribution in [-0.4, -0.2) is 16.8 Å². The molecule has 1 aliphatic rings. The lowest BCUT2D eigenvalue weighted by molar-refractivity contribution is 0.209. The Morgan fingerprint density at radius 1 is 1.24 bits per heavy atom. The molecule has 136 valence electrons. The lowest BCUT2D eigenvalue weighted by atomic mass is 9.85. The molecule has 1 N–H and O–H groups in total. The quantitative estimate of drug-likeness (QED) is 0.798. The summed E-state index contributed by atoms with van der Waals surface area (Å²) >= 11 is 0. The first-order valence-electron chi connectivity index (χ1n) is 9.58. The second kappa shape index (κ2) is 8.52. The van der Waals surface area contributed by atoms with E-state index in [-0.39, 0.29) is 0 Å². The average molecular weight is 341 g/mol. The van der Waals surface area contributed by atoms with Crippen LogP contribution in [0.25, 0.3) is 0 Å². The summed E-state index contributed by atoms with van der Waals surface area (Å²) in [6.07, 6.45) is 6.68. The third-order valence-corrected chi connectivity index (χ3v) is 5.30. The molecule has 0 saturated heterocycles. The topological polar surface area (TPSA) is 39.1 Å². The fourth-order valence-corrected chi connectivity index (χ4v) is 3.87. The van der Waals surface area contributed by atoms with Crippen molar-refractivity contribution in [2.45, 2.75) is 65.1 Å². The SMILES string of the molecule is CNCc1cc(OCc2cccc(C)c2)n(C(C)C2CCCCC2)n1. The van der Waals surface area contributed by atoms with Gasteiger partial charge >= 0.3 is 0 Å². The molecule has 0 aliphatic heterocycles. The first kappa shape index (κ1) is 18.0. The molecular weight excluding hydrogens is 310 g/mol. The number of aryl methyl sites for hydroxylation is 1. The van der Waals surface area contributed by atoms with Crippen molar-refractivity contribution in [3.63, 3.8) is 0 Å². The Kier molecular flexibility index (Phi) is 6.14. The van der Waals surface area contributed by atoms with Crippen LogP contribution in [-0.2, 0) is 13.2 Å². The molecule has 1 fully saturated rings. The number of nitrogens with one attached hydrogen (secondary N) is 1. The predicted octanol–water partition coefficient (Wildman–Crippen LogP) is 4.63. The molecule has 1 saturated carbocycles. The van der Waals surface area contributed by atoms with Crippen LogP contribution in [0.5, 0.6) is 5.88 Å². The Labute approximate surface area is 151 Å². The fraction of sp³-hybridized carbons (Fsp3) is 0.571. The van der Waals surface area contributed by atoms with Crippen LogP contribution < -0.4 is 10.1 Å². The van der Waals surface area contributed by atoms with Crippen molar-refractivity contribution in [2.75, 3.05) is 7.05 Å². The maximum Gasteiger partial charge on any atom is 0.212 e. The Morgan fingerprint density at radius 3 is 2.76 bits per heavy atom. The molecular formula is C21H31N3O. The number of hydrogen-bond acceptors (Lipinski definition) is 3. The van der Waals surface area contributed by atoms with Crippen molar-refractivity contribution >= 4 is 0 Å².